The van der Waals surface area contributed by atoms with E-state index in [1.165, 1.54) is 51.7 Å². The van der Waals surface area contributed by atoms with E-state index in [1.807, 2.05) is 0 Å². The Morgan fingerprint density at radius 2 is 1.69 bits per heavy atom. The van der Waals surface area contributed by atoms with Crippen molar-refractivity contribution in [2.45, 2.75) is 65.8 Å². The topological polar surface area (TPSA) is 15.3 Å². The predicted octanol–water partition coefficient (Wildman–Crippen LogP) is 3.28. The summed E-state index contributed by atoms with van der Waals surface area (Å²) >= 11 is 0. The lowest BCUT2D eigenvalue weighted by Crippen LogP contribution is -2.41. The normalized spacial score (nSPS) is 13.3. The maximum Gasteiger partial charge on any atom is 0.0192 e. The van der Waals surface area contributed by atoms with Crippen LogP contribution in [0.5, 0.6) is 0 Å². The summed E-state index contributed by atoms with van der Waals surface area (Å²) in [4.78, 5) is 2.63. The fraction of sp³-hybridized carbons (Fsp3) is 1.00. The Bertz CT molecular complexity index is 137. The van der Waals surface area contributed by atoms with Crippen LogP contribution < -0.4 is 5.32 Å². The first-order valence-corrected chi connectivity index (χ1v) is 7.24. The minimum atomic E-state index is 0.684. The van der Waals surface area contributed by atoms with Crippen LogP contribution in [0.4, 0.5) is 0 Å². The highest BCUT2D eigenvalue weighted by Crippen LogP contribution is 2.01. The number of rotatable bonds is 11. The standard InChI is InChI=1S/C14H32N2/c1-5-9-12-16(11-7-3)13-14(8-4)15-10-6-2/h14-15H,5-13H2,1-4H3. The Balaban J connectivity index is 3.90. The van der Waals surface area contributed by atoms with Crippen molar-refractivity contribution in [3.05, 3.63) is 0 Å². The van der Waals surface area contributed by atoms with Gasteiger partial charge in [-0.2, -0.15) is 0 Å². The molecule has 0 aliphatic rings. The third-order valence-corrected chi connectivity index (χ3v) is 3.02. The molecule has 1 unspecified atom stereocenters. The van der Waals surface area contributed by atoms with Gasteiger partial charge < -0.3 is 10.2 Å². The van der Waals surface area contributed by atoms with Crippen LogP contribution in [0.1, 0.15) is 59.8 Å². The fourth-order valence-electron chi connectivity index (χ4n) is 1.99. The van der Waals surface area contributed by atoms with Crippen LogP contribution in [0, 0.1) is 0 Å². The molecule has 0 aliphatic heterocycles. The molecule has 0 aromatic rings. The third kappa shape index (κ3) is 8.12. The molecule has 2 nitrogen and oxygen atoms in total. The summed E-state index contributed by atoms with van der Waals surface area (Å²) in [5, 5.41) is 3.64. The molecule has 1 N–H and O–H groups in total. The molecule has 16 heavy (non-hydrogen) atoms. The van der Waals surface area contributed by atoms with Crippen LogP contribution in [0.2, 0.25) is 0 Å². The third-order valence-electron chi connectivity index (χ3n) is 3.02. The van der Waals surface area contributed by atoms with Crippen molar-refractivity contribution >= 4 is 0 Å². The summed E-state index contributed by atoms with van der Waals surface area (Å²) in [5.74, 6) is 0. The summed E-state index contributed by atoms with van der Waals surface area (Å²) in [6.07, 6.45) is 6.39. The molecular weight excluding hydrogens is 196 g/mol. The van der Waals surface area contributed by atoms with Gasteiger partial charge in [0.05, 0.1) is 0 Å². The van der Waals surface area contributed by atoms with Gasteiger partial charge in [0.25, 0.3) is 0 Å². The maximum absolute atomic E-state index is 3.64. The lowest BCUT2D eigenvalue weighted by molar-refractivity contribution is 0.235. The van der Waals surface area contributed by atoms with Crippen LogP contribution in [-0.4, -0.2) is 37.1 Å². The van der Waals surface area contributed by atoms with E-state index in [1.54, 1.807) is 0 Å². The smallest absolute Gasteiger partial charge is 0.0192 e. The molecule has 0 aliphatic carbocycles. The zero-order valence-corrected chi connectivity index (χ0v) is 11.9. The van der Waals surface area contributed by atoms with Gasteiger partial charge in [-0.1, -0.05) is 34.1 Å². The van der Waals surface area contributed by atoms with Gasteiger partial charge in [0, 0.05) is 12.6 Å². The van der Waals surface area contributed by atoms with Crippen molar-refractivity contribution in [1.82, 2.24) is 10.2 Å². The van der Waals surface area contributed by atoms with Crippen molar-refractivity contribution < 1.29 is 0 Å². The van der Waals surface area contributed by atoms with Crippen molar-refractivity contribution in [2.75, 3.05) is 26.2 Å². The van der Waals surface area contributed by atoms with Crippen LogP contribution >= 0.6 is 0 Å². The second-order valence-electron chi connectivity index (χ2n) is 4.71. The fourth-order valence-corrected chi connectivity index (χ4v) is 1.99. The molecule has 0 fully saturated rings. The molecule has 0 bridgehead atoms. The van der Waals surface area contributed by atoms with Gasteiger partial charge in [0.2, 0.25) is 0 Å². The molecule has 0 saturated carbocycles. The van der Waals surface area contributed by atoms with E-state index in [0.29, 0.717) is 6.04 Å². The molecule has 0 spiro atoms. The van der Waals surface area contributed by atoms with Gasteiger partial charge in [0.15, 0.2) is 0 Å². The van der Waals surface area contributed by atoms with Gasteiger partial charge in [-0.25, -0.2) is 0 Å². The van der Waals surface area contributed by atoms with Crippen LogP contribution in [-0.2, 0) is 0 Å². The van der Waals surface area contributed by atoms with Crippen LogP contribution in [0.25, 0.3) is 0 Å². The summed E-state index contributed by atoms with van der Waals surface area (Å²) in [5.41, 5.74) is 0. The Hall–Kier alpha value is -0.0800. The quantitative estimate of drug-likeness (QED) is 0.584. The van der Waals surface area contributed by atoms with E-state index in [-0.39, 0.29) is 0 Å². The van der Waals surface area contributed by atoms with E-state index in [4.69, 9.17) is 0 Å². The molecule has 0 heterocycles. The van der Waals surface area contributed by atoms with Gasteiger partial charge in [0.1, 0.15) is 0 Å². The minimum absolute atomic E-state index is 0.684. The van der Waals surface area contributed by atoms with E-state index >= 15 is 0 Å². The Kier molecular flexibility index (Phi) is 11.3. The summed E-state index contributed by atoms with van der Waals surface area (Å²) in [6.45, 7) is 14.0. The molecule has 98 valence electrons. The number of nitrogens with zero attached hydrogens (tertiary/aromatic N) is 1. The van der Waals surface area contributed by atoms with Crippen molar-refractivity contribution in [1.29, 1.82) is 0 Å². The number of hydrogen-bond acceptors (Lipinski definition) is 2. The SMILES string of the molecule is CCCCN(CCC)CC(CC)NCCC. The maximum atomic E-state index is 3.64. The lowest BCUT2D eigenvalue weighted by atomic mass is 10.2. The predicted molar refractivity (Wildman–Crippen MR) is 74.0 cm³/mol. The molecule has 1 atom stereocenters. The number of nitrogens with one attached hydrogen (secondary N) is 1. The Labute approximate surface area is 103 Å². The van der Waals surface area contributed by atoms with Crippen molar-refractivity contribution in [3.63, 3.8) is 0 Å². The van der Waals surface area contributed by atoms with E-state index in [9.17, 15) is 0 Å². The Morgan fingerprint density at radius 3 is 2.19 bits per heavy atom. The monoisotopic (exact) mass is 228 g/mol. The van der Waals surface area contributed by atoms with E-state index < -0.39 is 0 Å². The molecule has 0 saturated heterocycles. The molecule has 0 aromatic heterocycles. The van der Waals surface area contributed by atoms with Crippen molar-refractivity contribution in [2.24, 2.45) is 0 Å². The van der Waals surface area contributed by atoms with E-state index in [2.05, 4.69) is 37.9 Å². The molecule has 0 rings (SSSR count). The zero-order chi connectivity index (χ0) is 12.2. The average molecular weight is 228 g/mol. The van der Waals surface area contributed by atoms with Gasteiger partial charge >= 0.3 is 0 Å². The largest absolute Gasteiger partial charge is 0.313 e. The van der Waals surface area contributed by atoms with E-state index in [0.717, 1.165) is 6.54 Å². The molecule has 0 amide bonds. The second kappa shape index (κ2) is 11.4. The van der Waals surface area contributed by atoms with Crippen molar-refractivity contribution in [3.8, 4) is 0 Å². The van der Waals surface area contributed by atoms with Gasteiger partial charge in [-0.05, 0) is 45.3 Å². The average Bonchev–Trinajstić information content (AvgIpc) is 2.31. The second-order valence-corrected chi connectivity index (χ2v) is 4.71. The van der Waals surface area contributed by atoms with Gasteiger partial charge in [-0.15, -0.1) is 0 Å². The summed E-state index contributed by atoms with van der Waals surface area (Å²) in [7, 11) is 0. The highest BCUT2D eigenvalue weighted by atomic mass is 15.1. The van der Waals surface area contributed by atoms with Crippen LogP contribution in [0.15, 0.2) is 0 Å². The minimum Gasteiger partial charge on any atom is -0.313 e. The Morgan fingerprint density at radius 1 is 0.938 bits per heavy atom. The first-order valence-electron chi connectivity index (χ1n) is 7.24. The zero-order valence-electron chi connectivity index (χ0n) is 11.9. The first kappa shape index (κ1) is 15.9. The highest BCUT2D eigenvalue weighted by Gasteiger charge is 2.10. The van der Waals surface area contributed by atoms with Crippen LogP contribution in [0.3, 0.4) is 0 Å². The molecule has 0 radical (unpaired) electrons. The summed E-state index contributed by atoms with van der Waals surface area (Å²) < 4.78 is 0. The van der Waals surface area contributed by atoms with Gasteiger partial charge in [-0.3, -0.25) is 0 Å². The molecule has 2 heteroatoms. The molecule has 0 aromatic carbocycles. The number of unbranched alkanes of at least 4 members (excludes halogenated alkanes) is 1. The first-order chi connectivity index (χ1) is 7.78. The number of hydrogen-bond donors (Lipinski definition) is 1. The summed E-state index contributed by atoms with van der Waals surface area (Å²) in [6, 6.07) is 0.684. The highest BCUT2D eigenvalue weighted by molar-refractivity contribution is 4.70. The molecular formula is C14H32N2. The lowest BCUT2D eigenvalue weighted by Gasteiger charge is -2.27.